The van der Waals surface area contributed by atoms with E-state index < -0.39 is 10.0 Å². The maximum atomic E-state index is 12.1. The van der Waals surface area contributed by atoms with Crippen molar-refractivity contribution < 1.29 is 13.2 Å². The minimum Gasteiger partial charge on any atom is -0.497 e. The summed E-state index contributed by atoms with van der Waals surface area (Å²) in [6.07, 6.45) is 1.94. The smallest absolute Gasteiger partial charge is 0.218 e. The molecule has 5 heteroatoms. The van der Waals surface area contributed by atoms with E-state index in [1.807, 2.05) is 18.2 Å². The maximum Gasteiger partial charge on any atom is 0.218 e. The molecular weight excluding hydrogens is 238 g/mol. The van der Waals surface area contributed by atoms with Crippen molar-refractivity contribution in [3.8, 4) is 5.75 Å². The van der Waals surface area contributed by atoms with E-state index >= 15 is 0 Å². The topological polar surface area (TPSA) is 46.6 Å². The zero-order valence-corrected chi connectivity index (χ0v) is 10.7. The first-order chi connectivity index (χ1) is 8.12. The van der Waals surface area contributed by atoms with Crippen molar-refractivity contribution in [1.29, 1.82) is 0 Å². The third-order valence-electron chi connectivity index (χ3n) is 2.94. The van der Waals surface area contributed by atoms with Gasteiger partial charge in [0, 0.05) is 13.1 Å². The molecule has 0 saturated carbocycles. The Kier molecular flexibility index (Phi) is 3.69. The number of hydrogen-bond donors (Lipinski definition) is 0. The van der Waals surface area contributed by atoms with Crippen molar-refractivity contribution >= 4 is 10.0 Å². The lowest BCUT2D eigenvalue weighted by Gasteiger charge is -2.15. The molecule has 1 aliphatic rings. The molecule has 0 atom stereocenters. The summed E-state index contributed by atoms with van der Waals surface area (Å²) in [5, 5.41) is 0. The van der Waals surface area contributed by atoms with Gasteiger partial charge in [0.15, 0.2) is 0 Å². The van der Waals surface area contributed by atoms with Crippen LogP contribution >= 0.6 is 0 Å². The molecule has 0 amide bonds. The van der Waals surface area contributed by atoms with Gasteiger partial charge in [-0.25, -0.2) is 12.7 Å². The Morgan fingerprint density at radius 1 is 1.29 bits per heavy atom. The summed E-state index contributed by atoms with van der Waals surface area (Å²) in [5.41, 5.74) is 0.774. The van der Waals surface area contributed by atoms with E-state index in [1.54, 1.807) is 17.5 Å². The van der Waals surface area contributed by atoms with Crippen LogP contribution in [0.3, 0.4) is 0 Å². The summed E-state index contributed by atoms with van der Waals surface area (Å²) < 4.78 is 30.8. The fraction of sp³-hybridized carbons (Fsp3) is 0.500. The first-order valence-corrected chi connectivity index (χ1v) is 7.33. The van der Waals surface area contributed by atoms with Crippen LogP contribution in [-0.2, 0) is 15.8 Å². The van der Waals surface area contributed by atoms with Gasteiger partial charge >= 0.3 is 0 Å². The molecule has 1 aromatic carbocycles. The second-order valence-electron chi connectivity index (χ2n) is 4.21. The highest BCUT2D eigenvalue weighted by Gasteiger charge is 2.25. The third kappa shape index (κ3) is 2.98. The third-order valence-corrected chi connectivity index (χ3v) is 4.79. The number of rotatable bonds is 4. The molecule has 17 heavy (non-hydrogen) atoms. The van der Waals surface area contributed by atoms with Crippen molar-refractivity contribution in [2.45, 2.75) is 18.6 Å². The first kappa shape index (κ1) is 12.4. The summed E-state index contributed by atoms with van der Waals surface area (Å²) in [6.45, 7) is 1.32. The number of methoxy groups -OCH3 is 1. The maximum absolute atomic E-state index is 12.1. The Bertz CT molecular complexity index is 478. The van der Waals surface area contributed by atoms with Crippen LogP contribution in [0, 0.1) is 0 Å². The monoisotopic (exact) mass is 255 g/mol. The molecule has 0 spiro atoms. The molecule has 1 aromatic rings. The number of nitrogens with zero attached hydrogens (tertiary/aromatic N) is 1. The lowest BCUT2D eigenvalue weighted by atomic mass is 10.2. The van der Waals surface area contributed by atoms with Crippen molar-refractivity contribution in [3.05, 3.63) is 29.8 Å². The van der Waals surface area contributed by atoms with Crippen LogP contribution in [0.15, 0.2) is 24.3 Å². The molecule has 0 N–H and O–H groups in total. The predicted molar refractivity (Wildman–Crippen MR) is 66.4 cm³/mol. The van der Waals surface area contributed by atoms with Crippen LogP contribution in [-0.4, -0.2) is 32.9 Å². The normalized spacial score (nSPS) is 17.2. The van der Waals surface area contributed by atoms with Crippen LogP contribution in [0.4, 0.5) is 0 Å². The summed E-state index contributed by atoms with van der Waals surface area (Å²) in [7, 11) is -1.58. The summed E-state index contributed by atoms with van der Waals surface area (Å²) in [4.78, 5) is 0. The quantitative estimate of drug-likeness (QED) is 0.821. The lowest BCUT2D eigenvalue weighted by molar-refractivity contribution is 0.414. The van der Waals surface area contributed by atoms with E-state index in [9.17, 15) is 8.42 Å². The fourth-order valence-electron chi connectivity index (χ4n) is 2.03. The highest BCUT2D eigenvalue weighted by Crippen LogP contribution is 2.19. The highest BCUT2D eigenvalue weighted by atomic mass is 32.2. The Morgan fingerprint density at radius 3 is 2.65 bits per heavy atom. The molecule has 4 nitrogen and oxygen atoms in total. The number of hydrogen-bond acceptors (Lipinski definition) is 3. The van der Waals surface area contributed by atoms with E-state index in [2.05, 4.69) is 0 Å². The molecule has 2 rings (SSSR count). The summed E-state index contributed by atoms with van der Waals surface area (Å²) in [6, 6.07) is 7.21. The molecule has 0 aliphatic carbocycles. The Labute approximate surface area is 102 Å². The zero-order valence-electron chi connectivity index (χ0n) is 9.93. The van der Waals surface area contributed by atoms with E-state index in [4.69, 9.17) is 4.74 Å². The number of sulfonamides is 1. The van der Waals surface area contributed by atoms with Crippen molar-refractivity contribution in [2.24, 2.45) is 0 Å². The molecule has 0 radical (unpaired) electrons. The SMILES string of the molecule is COc1cccc(CS(=O)(=O)N2CCCC2)c1. The van der Waals surface area contributed by atoms with Gasteiger partial charge in [0.2, 0.25) is 10.0 Å². The molecule has 1 fully saturated rings. The van der Waals surface area contributed by atoms with Crippen molar-refractivity contribution in [3.63, 3.8) is 0 Å². The molecule has 94 valence electrons. The first-order valence-electron chi connectivity index (χ1n) is 5.72. The van der Waals surface area contributed by atoms with E-state index in [0.29, 0.717) is 18.8 Å². The van der Waals surface area contributed by atoms with Crippen LogP contribution < -0.4 is 4.74 Å². The molecule has 0 aromatic heterocycles. The molecule has 0 unspecified atom stereocenters. The van der Waals surface area contributed by atoms with Gasteiger partial charge in [-0.05, 0) is 30.5 Å². The predicted octanol–water partition coefficient (Wildman–Crippen LogP) is 1.62. The standard InChI is InChI=1S/C12H17NO3S/c1-16-12-6-4-5-11(9-12)10-17(14,15)13-7-2-3-8-13/h4-6,9H,2-3,7-8,10H2,1H3. The molecule has 1 aliphatic heterocycles. The number of ether oxygens (including phenoxy) is 1. The minimum atomic E-state index is -3.16. The Morgan fingerprint density at radius 2 is 2.00 bits per heavy atom. The van der Waals surface area contributed by atoms with Gasteiger partial charge < -0.3 is 4.74 Å². The molecule has 1 saturated heterocycles. The van der Waals surface area contributed by atoms with E-state index in [-0.39, 0.29) is 5.75 Å². The fourth-order valence-corrected chi connectivity index (χ4v) is 3.63. The van der Waals surface area contributed by atoms with Gasteiger partial charge in [0.05, 0.1) is 12.9 Å². The van der Waals surface area contributed by atoms with E-state index in [0.717, 1.165) is 18.4 Å². The zero-order chi connectivity index (χ0) is 12.3. The second-order valence-corrected chi connectivity index (χ2v) is 6.18. The van der Waals surface area contributed by atoms with E-state index in [1.165, 1.54) is 0 Å². The van der Waals surface area contributed by atoms with Gasteiger partial charge in [-0.15, -0.1) is 0 Å². The van der Waals surface area contributed by atoms with Gasteiger partial charge in [0.1, 0.15) is 5.75 Å². The van der Waals surface area contributed by atoms with Gasteiger partial charge in [0.25, 0.3) is 0 Å². The molecule has 1 heterocycles. The largest absolute Gasteiger partial charge is 0.497 e. The van der Waals surface area contributed by atoms with Crippen molar-refractivity contribution in [2.75, 3.05) is 20.2 Å². The van der Waals surface area contributed by atoms with Gasteiger partial charge in [-0.2, -0.15) is 0 Å². The van der Waals surface area contributed by atoms with Crippen molar-refractivity contribution in [1.82, 2.24) is 4.31 Å². The minimum absolute atomic E-state index is 0.0597. The van der Waals surface area contributed by atoms with Crippen LogP contribution in [0.2, 0.25) is 0 Å². The molecular formula is C12H17NO3S. The Hall–Kier alpha value is -1.07. The average Bonchev–Trinajstić information content (AvgIpc) is 2.83. The highest BCUT2D eigenvalue weighted by molar-refractivity contribution is 7.88. The molecule has 0 bridgehead atoms. The average molecular weight is 255 g/mol. The lowest BCUT2D eigenvalue weighted by Crippen LogP contribution is -2.29. The Balaban J connectivity index is 2.13. The number of benzene rings is 1. The second kappa shape index (κ2) is 5.06. The van der Waals surface area contributed by atoms with Gasteiger partial charge in [-0.3, -0.25) is 0 Å². The van der Waals surface area contributed by atoms with Crippen LogP contribution in [0.1, 0.15) is 18.4 Å². The van der Waals surface area contributed by atoms with Crippen LogP contribution in [0.25, 0.3) is 0 Å². The van der Waals surface area contributed by atoms with Gasteiger partial charge in [-0.1, -0.05) is 12.1 Å². The van der Waals surface area contributed by atoms with Crippen LogP contribution in [0.5, 0.6) is 5.75 Å². The summed E-state index contributed by atoms with van der Waals surface area (Å²) in [5.74, 6) is 0.753. The summed E-state index contributed by atoms with van der Waals surface area (Å²) >= 11 is 0.